The molecule has 1 aromatic carbocycles. The Morgan fingerprint density at radius 3 is 2.76 bits per heavy atom. The molecule has 2 aromatic rings. The molecular formula is C18H22F3IN4O2S. The molecule has 2 heterocycles. The average Bonchev–Trinajstić information content (AvgIpc) is 3.29. The fraction of sp³-hybridized carbons (Fsp3) is 0.444. The molecule has 1 aliphatic heterocycles. The summed E-state index contributed by atoms with van der Waals surface area (Å²) in [5, 5.41) is 4.65. The van der Waals surface area contributed by atoms with Gasteiger partial charge in [-0.2, -0.15) is 13.2 Å². The minimum absolute atomic E-state index is 0. The molecule has 0 saturated heterocycles. The SMILES string of the molecule is CCNC(=NCCc1nc(C(F)(F)F)cs1)N(C)Cc1ccc2c(c1)OCO2.I. The molecule has 3 rings (SSSR count). The summed E-state index contributed by atoms with van der Waals surface area (Å²) in [6.07, 6.45) is -4.05. The number of rotatable bonds is 6. The number of aliphatic imine (C=N–C) groups is 1. The van der Waals surface area contributed by atoms with Gasteiger partial charge in [0.15, 0.2) is 23.2 Å². The van der Waals surface area contributed by atoms with E-state index in [-0.39, 0.29) is 30.8 Å². The molecule has 0 aliphatic carbocycles. The quantitative estimate of drug-likeness (QED) is 0.338. The third-order valence-electron chi connectivity index (χ3n) is 3.98. The molecule has 0 amide bonds. The number of nitrogens with zero attached hydrogens (tertiary/aromatic N) is 3. The standard InChI is InChI=1S/C18H21F3N4O2S.HI/c1-3-22-17(23-7-6-16-24-15(10-28-16)18(19,20)21)25(2)9-12-4-5-13-14(8-12)27-11-26-13;/h4-5,8,10H,3,6-7,9,11H2,1-2H3,(H,22,23);1H. The van der Waals surface area contributed by atoms with Crippen molar-refractivity contribution in [3.8, 4) is 11.5 Å². The number of benzene rings is 1. The molecule has 29 heavy (non-hydrogen) atoms. The highest BCUT2D eigenvalue weighted by Gasteiger charge is 2.33. The topological polar surface area (TPSA) is 59.0 Å². The Bertz CT molecular complexity index is 845. The second kappa shape index (κ2) is 10.3. The van der Waals surface area contributed by atoms with E-state index in [4.69, 9.17) is 9.47 Å². The van der Waals surface area contributed by atoms with Crippen molar-refractivity contribution in [2.75, 3.05) is 26.9 Å². The predicted molar refractivity (Wildman–Crippen MR) is 116 cm³/mol. The summed E-state index contributed by atoms with van der Waals surface area (Å²) < 4.78 is 48.6. The van der Waals surface area contributed by atoms with Crippen LogP contribution in [0.25, 0.3) is 0 Å². The third-order valence-corrected chi connectivity index (χ3v) is 4.89. The molecule has 0 saturated carbocycles. The Kier molecular flexibility index (Phi) is 8.37. The van der Waals surface area contributed by atoms with E-state index in [9.17, 15) is 13.2 Å². The summed E-state index contributed by atoms with van der Waals surface area (Å²) >= 11 is 1.00. The van der Waals surface area contributed by atoms with E-state index >= 15 is 0 Å². The molecule has 0 unspecified atom stereocenters. The van der Waals surface area contributed by atoms with E-state index in [1.807, 2.05) is 37.1 Å². The Morgan fingerprint density at radius 1 is 1.31 bits per heavy atom. The monoisotopic (exact) mass is 542 g/mol. The van der Waals surface area contributed by atoms with Crippen LogP contribution in [0, 0.1) is 0 Å². The van der Waals surface area contributed by atoms with Crippen LogP contribution in [0.5, 0.6) is 11.5 Å². The highest BCUT2D eigenvalue weighted by atomic mass is 127. The largest absolute Gasteiger partial charge is 0.454 e. The highest BCUT2D eigenvalue weighted by molar-refractivity contribution is 14.0. The van der Waals surface area contributed by atoms with E-state index in [1.54, 1.807) is 0 Å². The van der Waals surface area contributed by atoms with Gasteiger partial charge >= 0.3 is 6.18 Å². The van der Waals surface area contributed by atoms with Crippen molar-refractivity contribution in [3.63, 3.8) is 0 Å². The maximum atomic E-state index is 12.6. The molecule has 1 aromatic heterocycles. The van der Waals surface area contributed by atoms with E-state index in [1.165, 1.54) is 0 Å². The Hall–Kier alpha value is -1.76. The number of halogens is 4. The van der Waals surface area contributed by atoms with Gasteiger partial charge in [-0.05, 0) is 24.6 Å². The lowest BCUT2D eigenvalue weighted by Crippen LogP contribution is -2.38. The van der Waals surface area contributed by atoms with Crippen molar-refractivity contribution < 1.29 is 22.6 Å². The molecule has 1 N–H and O–H groups in total. The number of fused-ring (bicyclic) bond motifs is 1. The van der Waals surface area contributed by atoms with Crippen molar-refractivity contribution >= 4 is 41.3 Å². The molecular weight excluding hydrogens is 520 g/mol. The van der Waals surface area contributed by atoms with E-state index in [2.05, 4.69) is 15.3 Å². The van der Waals surface area contributed by atoms with Gasteiger partial charge in [-0.1, -0.05) is 6.07 Å². The van der Waals surface area contributed by atoms with Gasteiger partial charge in [0.1, 0.15) is 0 Å². The highest BCUT2D eigenvalue weighted by Crippen LogP contribution is 2.33. The van der Waals surface area contributed by atoms with E-state index < -0.39 is 11.9 Å². The maximum Gasteiger partial charge on any atom is 0.434 e. The van der Waals surface area contributed by atoms with Crippen LogP contribution in [0.4, 0.5) is 13.2 Å². The van der Waals surface area contributed by atoms with Crippen LogP contribution in [0.2, 0.25) is 0 Å². The second-order valence-corrected chi connectivity index (χ2v) is 7.10. The van der Waals surface area contributed by atoms with Crippen molar-refractivity contribution in [2.24, 2.45) is 4.99 Å². The van der Waals surface area contributed by atoms with Gasteiger partial charge in [-0.15, -0.1) is 35.3 Å². The summed E-state index contributed by atoms with van der Waals surface area (Å²) in [5.41, 5.74) is 0.190. The summed E-state index contributed by atoms with van der Waals surface area (Å²) in [7, 11) is 1.90. The average molecular weight is 542 g/mol. The Morgan fingerprint density at radius 2 is 2.07 bits per heavy atom. The summed E-state index contributed by atoms with van der Waals surface area (Å²) in [6.45, 7) is 3.81. The molecule has 0 fully saturated rings. The van der Waals surface area contributed by atoms with E-state index in [0.29, 0.717) is 37.0 Å². The zero-order valence-corrected chi connectivity index (χ0v) is 19.1. The minimum atomic E-state index is -4.40. The fourth-order valence-corrected chi connectivity index (χ4v) is 3.47. The van der Waals surface area contributed by atoms with Gasteiger partial charge in [0, 0.05) is 38.5 Å². The first kappa shape index (κ1) is 23.5. The summed E-state index contributed by atoms with van der Waals surface area (Å²) in [6, 6.07) is 5.76. The number of hydrogen-bond acceptors (Lipinski definition) is 5. The molecule has 11 heteroatoms. The van der Waals surface area contributed by atoms with Crippen LogP contribution < -0.4 is 14.8 Å². The van der Waals surface area contributed by atoms with Crippen LogP contribution in [-0.2, 0) is 19.1 Å². The molecule has 1 aliphatic rings. The van der Waals surface area contributed by atoms with Crippen molar-refractivity contribution in [3.05, 3.63) is 39.8 Å². The number of nitrogens with one attached hydrogen (secondary N) is 1. The van der Waals surface area contributed by atoms with Gasteiger partial charge in [0.25, 0.3) is 0 Å². The Balaban J connectivity index is 0.00000300. The molecule has 0 bridgehead atoms. The summed E-state index contributed by atoms with van der Waals surface area (Å²) in [5.74, 6) is 2.12. The lowest BCUT2D eigenvalue weighted by Gasteiger charge is -2.22. The smallest absolute Gasteiger partial charge is 0.434 e. The van der Waals surface area contributed by atoms with Crippen molar-refractivity contribution in [2.45, 2.75) is 26.1 Å². The van der Waals surface area contributed by atoms with Crippen LogP contribution >= 0.6 is 35.3 Å². The van der Waals surface area contributed by atoms with Gasteiger partial charge in [-0.25, -0.2) is 4.98 Å². The van der Waals surface area contributed by atoms with Crippen molar-refractivity contribution in [1.82, 2.24) is 15.2 Å². The molecule has 160 valence electrons. The number of thiazole rings is 1. The molecule has 0 radical (unpaired) electrons. The number of aromatic nitrogens is 1. The lowest BCUT2D eigenvalue weighted by atomic mass is 10.2. The lowest BCUT2D eigenvalue weighted by molar-refractivity contribution is -0.140. The molecule has 0 spiro atoms. The second-order valence-electron chi connectivity index (χ2n) is 6.15. The van der Waals surface area contributed by atoms with Gasteiger partial charge in [-0.3, -0.25) is 4.99 Å². The predicted octanol–water partition coefficient (Wildman–Crippen LogP) is 4.15. The van der Waals surface area contributed by atoms with Crippen LogP contribution in [0.3, 0.4) is 0 Å². The Labute approximate surface area is 188 Å². The number of guanidine groups is 1. The number of hydrogen-bond donors (Lipinski definition) is 1. The van der Waals surface area contributed by atoms with Gasteiger partial charge < -0.3 is 19.7 Å². The zero-order chi connectivity index (χ0) is 20.1. The summed E-state index contributed by atoms with van der Waals surface area (Å²) in [4.78, 5) is 10.1. The first-order valence-electron chi connectivity index (χ1n) is 8.76. The number of alkyl halides is 3. The normalized spacial score (nSPS) is 13.2. The van der Waals surface area contributed by atoms with E-state index in [0.717, 1.165) is 33.8 Å². The minimum Gasteiger partial charge on any atom is -0.454 e. The fourth-order valence-electron chi connectivity index (χ4n) is 2.67. The van der Waals surface area contributed by atoms with Crippen LogP contribution in [0.15, 0.2) is 28.6 Å². The molecule has 0 atom stereocenters. The maximum absolute atomic E-state index is 12.6. The van der Waals surface area contributed by atoms with Crippen LogP contribution in [0.1, 0.15) is 23.2 Å². The van der Waals surface area contributed by atoms with Crippen LogP contribution in [-0.4, -0.2) is 42.8 Å². The molecule has 6 nitrogen and oxygen atoms in total. The first-order chi connectivity index (χ1) is 13.4. The van der Waals surface area contributed by atoms with Gasteiger partial charge in [0.05, 0.1) is 5.01 Å². The first-order valence-corrected chi connectivity index (χ1v) is 9.64. The third kappa shape index (κ3) is 6.36. The van der Waals surface area contributed by atoms with Crippen molar-refractivity contribution in [1.29, 1.82) is 0 Å². The number of ether oxygens (including phenoxy) is 2. The zero-order valence-electron chi connectivity index (χ0n) is 16.0. The van der Waals surface area contributed by atoms with Gasteiger partial charge in [0.2, 0.25) is 6.79 Å².